The van der Waals surface area contributed by atoms with E-state index in [9.17, 15) is 10.1 Å². The monoisotopic (exact) mass is 489 g/mol. The lowest BCUT2D eigenvalue weighted by Gasteiger charge is -2.28. The highest BCUT2D eigenvalue weighted by Gasteiger charge is 2.27. The van der Waals surface area contributed by atoms with Gasteiger partial charge in [-0.3, -0.25) is 0 Å². The number of amides is 1. The molecule has 0 radical (unpaired) electrons. The number of ether oxygens (including phenoxy) is 2. The van der Waals surface area contributed by atoms with E-state index in [0.29, 0.717) is 11.3 Å². The zero-order chi connectivity index (χ0) is 25.2. The van der Waals surface area contributed by atoms with Gasteiger partial charge in [0, 0.05) is 17.3 Å². The second-order valence-corrected chi connectivity index (χ2v) is 11.1. The van der Waals surface area contributed by atoms with Gasteiger partial charge in [-0.2, -0.15) is 5.26 Å². The lowest BCUT2D eigenvalue weighted by atomic mass is 9.86. The second-order valence-electron chi connectivity index (χ2n) is 10.1. The molecule has 3 aromatic rings. The van der Waals surface area contributed by atoms with Crippen LogP contribution in [0.15, 0.2) is 42.6 Å². The number of hydrogen-bond acceptors (Lipinski definition) is 6. The van der Waals surface area contributed by atoms with Gasteiger partial charge in [0.15, 0.2) is 0 Å². The van der Waals surface area contributed by atoms with Crippen LogP contribution in [0.1, 0.15) is 70.3 Å². The smallest absolute Gasteiger partial charge is 0.408 e. The van der Waals surface area contributed by atoms with Crippen LogP contribution in [-0.2, 0) is 11.2 Å². The Balaban J connectivity index is 1.61. The van der Waals surface area contributed by atoms with E-state index in [1.165, 1.54) is 5.56 Å². The van der Waals surface area contributed by atoms with Crippen molar-refractivity contribution in [3.05, 3.63) is 59.3 Å². The molecule has 1 amide bonds. The lowest BCUT2D eigenvalue weighted by Crippen LogP contribution is -2.41. The molecule has 182 valence electrons. The Morgan fingerprint density at radius 2 is 2.06 bits per heavy atom. The highest BCUT2D eigenvalue weighted by atomic mass is 32.1. The van der Waals surface area contributed by atoms with E-state index < -0.39 is 0 Å². The number of aromatic nitrogens is 1. The van der Waals surface area contributed by atoms with Gasteiger partial charge in [0.2, 0.25) is 0 Å². The molecule has 35 heavy (non-hydrogen) atoms. The molecule has 0 saturated heterocycles. The summed E-state index contributed by atoms with van der Waals surface area (Å²) in [6.07, 6.45) is 3.92. The molecule has 0 saturated carbocycles. The number of fused-ring (bicyclic) bond motifs is 1. The average molecular weight is 490 g/mol. The van der Waals surface area contributed by atoms with Crippen molar-refractivity contribution in [2.75, 3.05) is 0 Å². The predicted octanol–water partition coefficient (Wildman–Crippen LogP) is 7.04. The van der Waals surface area contributed by atoms with Crippen LogP contribution in [-0.4, -0.2) is 22.7 Å². The molecule has 1 heterocycles. The zero-order valence-corrected chi connectivity index (χ0v) is 21.7. The van der Waals surface area contributed by atoms with Crippen molar-refractivity contribution in [1.82, 2.24) is 10.3 Å². The van der Waals surface area contributed by atoms with Gasteiger partial charge >= 0.3 is 6.09 Å². The largest absolute Gasteiger partial charge is 0.490 e. The molecule has 1 unspecified atom stereocenters. The highest BCUT2D eigenvalue weighted by molar-refractivity contribution is 7.18. The molecule has 1 aromatic heterocycles. The van der Waals surface area contributed by atoms with E-state index in [2.05, 4.69) is 28.5 Å². The predicted molar refractivity (Wildman–Crippen MR) is 139 cm³/mol. The minimum absolute atomic E-state index is 0.00369. The third kappa shape index (κ3) is 5.83. The van der Waals surface area contributed by atoms with Crippen LogP contribution in [0.4, 0.5) is 4.79 Å². The van der Waals surface area contributed by atoms with Gasteiger partial charge in [0.1, 0.15) is 22.9 Å². The third-order valence-corrected chi connectivity index (χ3v) is 6.74. The molecule has 0 aliphatic heterocycles. The molecule has 0 bridgehead atoms. The molecule has 1 aliphatic carbocycles. The van der Waals surface area contributed by atoms with Crippen molar-refractivity contribution in [3.63, 3.8) is 0 Å². The maximum atomic E-state index is 12.4. The summed E-state index contributed by atoms with van der Waals surface area (Å²) < 4.78 is 11.6. The fourth-order valence-corrected chi connectivity index (χ4v) is 5.23. The summed E-state index contributed by atoms with van der Waals surface area (Å²) in [6, 6.07) is 14.0. The topological polar surface area (TPSA) is 84.2 Å². The molecule has 0 fully saturated rings. The summed E-state index contributed by atoms with van der Waals surface area (Å²) in [5.41, 5.74) is 4.43. The second kappa shape index (κ2) is 10.1. The Kier molecular flexibility index (Phi) is 7.13. The quantitative estimate of drug-likeness (QED) is 0.415. The Hall–Kier alpha value is -3.37. The molecule has 0 spiro atoms. The van der Waals surface area contributed by atoms with E-state index in [-0.39, 0.29) is 23.8 Å². The number of nitrogens with zero attached hydrogens (tertiary/aromatic N) is 2. The Labute approximate surface area is 210 Å². The van der Waals surface area contributed by atoms with Gasteiger partial charge in [0.25, 0.3) is 0 Å². The van der Waals surface area contributed by atoms with E-state index in [4.69, 9.17) is 9.47 Å². The minimum atomic E-state index is -0.390. The summed E-state index contributed by atoms with van der Waals surface area (Å²) >= 11 is 1.59. The van der Waals surface area contributed by atoms with Crippen molar-refractivity contribution < 1.29 is 14.3 Å². The number of nitriles is 1. The van der Waals surface area contributed by atoms with E-state index >= 15 is 0 Å². The number of carbonyl (C=O) groups is 1. The first-order chi connectivity index (χ1) is 16.6. The van der Waals surface area contributed by atoms with Crippen LogP contribution in [0.3, 0.4) is 0 Å². The molecule has 1 N–H and O–H groups in total. The molecule has 1 aliphatic rings. The first kappa shape index (κ1) is 24.7. The summed E-state index contributed by atoms with van der Waals surface area (Å²) in [5.74, 6) is 0.585. The number of rotatable bonds is 5. The fourth-order valence-electron chi connectivity index (χ4n) is 4.26. The SMILES string of the molecule is CC(C)Oc1ccc(-c2ncc(-c3cccc4c3CCCC4OC(=O)NC(C)(C)C)s2)cc1C#N. The van der Waals surface area contributed by atoms with Crippen LogP contribution in [0.25, 0.3) is 21.0 Å². The first-order valence-corrected chi connectivity index (χ1v) is 12.7. The Bertz CT molecular complexity index is 1270. The number of thiazole rings is 1. The van der Waals surface area contributed by atoms with Crippen LogP contribution >= 0.6 is 11.3 Å². The first-order valence-electron chi connectivity index (χ1n) is 11.9. The summed E-state index contributed by atoms with van der Waals surface area (Å²) in [4.78, 5) is 18.1. The molecular weight excluding hydrogens is 458 g/mol. The van der Waals surface area contributed by atoms with Gasteiger partial charge in [-0.1, -0.05) is 18.2 Å². The van der Waals surface area contributed by atoms with E-state index in [0.717, 1.165) is 45.8 Å². The Morgan fingerprint density at radius 1 is 1.26 bits per heavy atom. The van der Waals surface area contributed by atoms with Crippen LogP contribution in [0.2, 0.25) is 0 Å². The van der Waals surface area contributed by atoms with Gasteiger partial charge in [-0.05, 0) is 88.8 Å². The normalized spacial score (nSPS) is 15.3. The highest BCUT2D eigenvalue weighted by Crippen LogP contribution is 2.41. The number of carbonyl (C=O) groups excluding carboxylic acids is 1. The van der Waals surface area contributed by atoms with Gasteiger partial charge in [-0.25, -0.2) is 9.78 Å². The lowest BCUT2D eigenvalue weighted by molar-refractivity contribution is 0.0816. The molecular formula is C28H31N3O3S. The van der Waals surface area contributed by atoms with Crippen LogP contribution in [0, 0.1) is 11.3 Å². The number of benzene rings is 2. The summed E-state index contributed by atoms with van der Waals surface area (Å²) in [6.45, 7) is 9.69. The maximum Gasteiger partial charge on any atom is 0.408 e. The zero-order valence-electron chi connectivity index (χ0n) is 20.8. The fraction of sp³-hybridized carbons (Fsp3) is 0.393. The maximum absolute atomic E-state index is 12.4. The summed E-state index contributed by atoms with van der Waals surface area (Å²) in [5, 5.41) is 13.3. The van der Waals surface area contributed by atoms with E-state index in [1.54, 1.807) is 11.3 Å². The number of nitrogens with one attached hydrogen (secondary N) is 1. The molecule has 4 rings (SSSR count). The van der Waals surface area contributed by atoms with Crippen LogP contribution < -0.4 is 10.1 Å². The van der Waals surface area contributed by atoms with Crippen LogP contribution in [0.5, 0.6) is 5.75 Å². The summed E-state index contributed by atoms with van der Waals surface area (Å²) in [7, 11) is 0. The van der Waals surface area contributed by atoms with Gasteiger partial charge < -0.3 is 14.8 Å². The van der Waals surface area contributed by atoms with Crippen molar-refractivity contribution in [1.29, 1.82) is 5.26 Å². The standard InChI is InChI=1S/C28H31N3O3S/c1-17(2)33-23-13-12-18(14-19(23)15-29)26-30-16-25(35-26)22-10-6-9-21-20(22)8-7-11-24(21)34-27(32)31-28(3,4)5/h6,9-10,12-14,16-17,24H,7-8,11H2,1-5H3,(H,31,32). The van der Waals surface area contributed by atoms with Gasteiger partial charge in [-0.15, -0.1) is 11.3 Å². The molecule has 7 heteroatoms. The van der Waals surface area contributed by atoms with Gasteiger partial charge in [0.05, 0.1) is 16.5 Å². The minimum Gasteiger partial charge on any atom is -0.490 e. The number of alkyl carbamates (subject to hydrolysis) is 1. The van der Waals surface area contributed by atoms with Crippen molar-refractivity contribution in [2.24, 2.45) is 0 Å². The molecule has 2 aromatic carbocycles. The number of hydrogen-bond donors (Lipinski definition) is 1. The average Bonchev–Trinajstić information content (AvgIpc) is 3.27. The molecule has 6 nitrogen and oxygen atoms in total. The van der Waals surface area contributed by atoms with Crippen molar-refractivity contribution in [3.8, 4) is 32.8 Å². The Morgan fingerprint density at radius 3 is 2.77 bits per heavy atom. The van der Waals surface area contributed by atoms with Crippen molar-refractivity contribution >= 4 is 17.4 Å². The molecule has 1 atom stereocenters. The van der Waals surface area contributed by atoms with E-state index in [1.807, 2.05) is 65.1 Å². The van der Waals surface area contributed by atoms with Crippen molar-refractivity contribution in [2.45, 2.75) is 71.6 Å². The third-order valence-electron chi connectivity index (χ3n) is 5.66.